The van der Waals surface area contributed by atoms with Gasteiger partial charge in [-0.1, -0.05) is 42.5 Å². The van der Waals surface area contributed by atoms with Crippen molar-refractivity contribution in [3.8, 4) is 16.2 Å². The van der Waals surface area contributed by atoms with E-state index in [-0.39, 0.29) is 5.91 Å². The first-order valence-electron chi connectivity index (χ1n) is 6.89. The molecule has 1 aromatic heterocycles. The Kier molecular flexibility index (Phi) is 5.58. The van der Waals surface area contributed by atoms with Crippen LogP contribution < -0.4 is 10.1 Å². The van der Waals surface area contributed by atoms with Crippen LogP contribution in [0.15, 0.2) is 48.6 Å². The number of thiophene rings is 1. The highest BCUT2D eigenvalue weighted by Gasteiger charge is 2.17. The third-order valence-corrected chi connectivity index (χ3v) is 4.18. The summed E-state index contributed by atoms with van der Waals surface area (Å²) in [5.74, 6) is 0.547. The number of amides is 1. The smallest absolute Gasteiger partial charge is 0.265 e. The highest BCUT2D eigenvalue weighted by molar-refractivity contribution is 7.17. The van der Waals surface area contributed by atoms with Gasteiger partial charge in [0.2, 0.25) is 0 Å². The largest absolute Gasteiger partial charge is 0.495 e. The Morgan fingerprint density at radius 3 is 2.76 bits per heavy atom. The molecule has 1 amide bonds. The molecular weight excluding hydrogens is 282 g/mol. The molecule has 3 nitrogen and oxygen atoms in total. The lowest BCUT2D eigenvalue weighted by Gasteiger charge is -2.03. The van der Waals surface area contributed by atoms with Gasteiger partial charge >= 0.3 is 0 Å². The number of carbonyl (C=O) groups is 1. The van der Waals surface area contributed by atoms with Crippen molar-refractivity contribution < 1.29 is 9.53 Å². The third-order valence-electron chi connectivity index (χ3n) is 3.01. The van der Waals surface area contributed by atoms with E-state index in [1.807, 2.05) is 55.5 Å². The van der Waals surface area contributed by atoms with E-state index < -0.39 is 0 Å². The van der Waals surface area contributed by atoms with Gasteiger partial charge in [-0.05, 0) is 25.0 Å². The number of benzene rings is 1. The Morgan fingerprint density at radius 1 is 1.33 bits per heavy atom. The monoisotopic (exact) mass is 301 g/mol. The second-order valence-electron chi connectivity index (χ2n) is 4.49. The molecule has 0 saturated carbocycles. The molecule has 0 atom stereocenters. The van der Waals surface area contributed by atoms with Gasteiger partial charge in [0, 0.05) is 11.4 Å². The Bertz CT molecular complexity index is 617. The highest BCUT2D eigenvalue weighted by Crippen LogP contribution is 2.36. The molecule has 1 aromatic carbocycles. The van der Waals surface area contributed by atoms with E-state index in [0.717, 1.165) is 16.9 Å². The van der Waals surface area contributed by atoms with Gasteiger partial charge in [-0.25, -0.2) is 0 Å². The minimum Gasteiger partial charge on any atom is -0.495 e. The Labute approximate surface area is 129 Å². The van der Waals surface area contributed by atoms with Crippen LogP contribution in [0.25, 0.3) is 10.4 Å². The predicted molar refractivity (Wildman–Crippen MR) is 88.1 cm³/mol. The molecule has 0 saturated heterocycles. The second-order valence-corrected chi connectivity index (χ2v) is 5.54. The lowest BCUT2D eigenvalue weighted by molar-refractivity contribution is 0.0955. The molecule has 2 aromatic rings. The fraction of sp³-hybridized carbons (Fsp3) is 0.235. The highest BCUT2D eigenvalue weighted by atomic mass is 32.1. The standard InChI is InChI=1S/C17H19NO2S/c1-3-4-8-11-18-17(19)16-14(20-2)12-15(21-16)13-9-6-5-7-10-13/h3-7,9-10,12H,8,11H2,1-2H3,(H,18,19)/b4-3+. The molecule has 0 aliphatic rings. The number of hydrogen-bond donors (Lipinski definition) is 1. The summed E-state index contributed by atoms with van der Waals surface area (Å²) in [6.07, 6.45) is 4.84. The zero-order valence-corrected chi connectivity index (χ0v) is 13.1. The van der Waals surface area contributed by atoms with E-state index in [1.165, 1.54) is 11.3 Å². The first-order valence-corrected chi connectivity index (χ1v) is 7.70. The van der Waals surface area contributed by atoms with Crippen molar-refractivity contribution in [1.82, 2.24) is 5.32 Å². The summed E-state index contributed by atoms with van der Waals surface area (Å²) >= 11 is 1.45. The molecule has 0 radical (unpaired) electrons. The predicted octanol–water partition coefficient (Wildman–Crippen LogP) is 4.12. The molecule has 0 spiro atoms. The van der Waals surface area contributed by atoms with E-state index in [0.29, 0.717) is 17.2 Å². The lowest BCUT2D eigenvalue weighted by atomic mass is 10.2. The van der Waals surface area contributed by atoms with Crippen LogP contribution in [0.4, 0.5) is 0 Å². The van der Waals surface area contributed by atoms with E-state index in [9.17, 15) is 4.79 Å². The number of ether oxygens (including phenoxy) is 1. The molecular formula is C17H19NO2S. The first kappa shape index (κ1) is 15.3. The van der Waals surface area contributed by atoms with Gasteiger partial charge in [0.05, 0.1) is 7.11 Å². The minimum atomic E-state index is -0.0801. The number of nitrogens with one attached hydrogen (secondary N) is 1. The van der Waals surface area contributed by atoms with E-state index in [2.05, 4.69) is 5.32 Å². The summed E-state index contributed by atoms with van der Waals surface area (Å²) < 4.78 is 5.33. The SMILES string of the molecule is C/C=C/CCNC(=O)c1sc(-c2ccccc2)cc1OC. The normalized spacial score (nSPS) is 10.8. The van der Waals surface area contributed by atoms with Gasteiger partial charge in [-0.15, -0.1) is 11.3 Å². The number of rotatable bonds is 6. The average Bonchev–Trinajstić information content (AvgIpc) is 2.96. The molecule has 0 fully saturated rings. The molecule has 0 unspecified atom stereocenters. The summed E-state index contributed by atoms with van der Waals surface area (Å²) in [6.45, 7) is 2.60. The van der Waals surface area contributed by atoms with Crippen LogP contribution in [0.1, 0.15) is 23.0 Å². The van der Waals surface area contributed by atoms with Crippen LogP contribution in [-0.4, -0.2) is 19.6 Å². The van der Waals surface area contributed by atoms with Crippen LogP contribution in [0.2, 0.25) is 0 Å². The van der Waals surface area contributed by atoms with Crippen molar-refractivity contribution in [2.45, 2.75) is 13.3 Å². The zero-order chi connectivity index (χ0) is 15.1. The maximum atomic E-state index is 12.2. The van der Waals surface area contributed by atoms with Crippen LogP contribution in [-0.2, 0) is 0 Å². The summed E-state index contributed by atoms with van der Waals surface area (Å²) in [5, 5.41) is 2.91. The van der Waals surface area contributed by atoms with Gasteiger partial charge in [0.15, 0.2) is 0 Å². The number of methoxy groups -OCH3 is 1. The van der Waals surface area contributed by atoms with Crippen LogP contribution in [0, 0.1) is 0 Å². The third kappa shape index (κ3) is 3.95. The molecule has 0 aliphatic carbocycles. The van der Waals surface area contributed by atoms with Crippen molar-refractivity contribution >= 4 is 17.2 Å². The van der Waals surface area contributed by atoms with Crippen molar-refractivity contribution in [3.05, 3.63) is 53.4 Å². The summed E-state index contributed by atoms with van der Waals surface area (Å²) in [4.78, 5) is 13.9. The molecule has 0 bridgehead atoms. The summed E-state index contributed by atoms with van der Waals surface area (Å²) in [6, 6.07) is 11.9. The number of allylic oxidation sites excluding steroid dienone is 1. The maximum absolute atomic E-state index is 12.2. The van der Waals surface area contributed by atoms with E-state index in [4.69, 9.17) is 4.74 Å². The number of carbonyl (C=O) groups excluding carboxylic acids is 1. The van der Waals surface area contributed by atoms with Crippen molar-refractivity contribution in [2.24, 2.45) is 0 Å². The maximum Gasteiger partial charge on any atom is 0.265 e. The molecule has 1 heterocycles. The van der Waals surface area contributed by atoms with Crippen LogP contribution in [0.5, 0.6) is 5.75 Å². The quantitative estimate of drug-likeness (QED) is 0.644. The topological polar surface area (TPSA) is 38.3 Å². The van der Waals surface area contributed by atoms with E-state index >= 15 is 0 Å². The van der Waals surface area contributed by atoms with Crippen molar-refractivity contribution in [3.63, 3.8) is 0 Å². The summed E-state index contributed by atoms with van der Waals surface area (Å²) in [5.41, 5.74) is 1.09. The zero-order valence-electron chi connectivity index (χ0n) is 12.3. The number of hydrogen-bond acceptors (Lipinski definition) is 3. The molecule has 0 aliphatic heterocycles. The molecule has 2 rings (SSSR count). The van der Waals surface area contributed by atoms with Gasteiger partial charge in [0.1, 0.15) is 10.6 Å². The van der Waals surface area contributed by atoms with Crippen LogP contribution >= 0.6 is 11.3 Å². The lowest BCUT2D eigenvalue weighted by Crippen LogP contribution is -2.23. The van der Waals surface area contributed by atoms with Gasteiger partial charge in [-0.2, -0.15) is 0 Å². The van der Waals surface area contributed by atoms with Crippen LogP contribution in [0.3, 0.4) is 0 Å². The first-order chi connectivity index (χ1) is 10.3. The molecule has 110 valence electrons. The molecule has 1 N–H and O–H groups in total. The van der Waals surface area contributed by atoms with Crippen molar-refractivity contribution in [2.75, 3.05) is 13.7 Å². The Morgan fingerprint density at radius 2 is 2.10 bits per heavy atom. The van der Waals surface area contributed by atoms with Gasteiger partial charge in [0.25, 0.3) is 5.91 Å². The average molecular weight is 301 g/mol. The summed E-state index contributed by atoms with van der Waals surface area (Å²) in [7, 11) is 1.59. The van der Waals surface area contributed by atoms with Gasteiger partial charge in [-0.3, -0.25) is 4.79 Å². The second kappa shape index (κ2) is 7.64. The van der Waals surface area contributed by atoms with E-state index in [1.54, 1.807) is 7.11 Å². The minimum absolute atomic E-state index is 0.0801. The molecule has 4 heteroatoms. The molecule has 21 heavy (non-hydrogen) atoms. The van der Waals surface area contributed by atoms with Gasteiger partial charge < -0.3 is 10.1 Å². The fourth-order valence-electron chi connectivity index (χ4n) is 1.94. The Balaban J connectivity index is 2.15. The fourth-order valence-corrected chi connectivity index (χ4v) is 2.99. The Hall–Kier alpha value is -2.07. The van der Waals surface area contributed by atoms with Crippen molar-refractivity contribution in [1.29, 1.82) is 0 Å².